The molecule has 1 aliphatic rings. The molecule has 1 aliphatic heterocycles. The van der Waals surface area contributed by atoms with Crippen molar-refractivity contribution in [3.63, 3.8) is 0 Å². The van der Waals surface area contributed by atoms with E-state index >= 15 is 0 Å². The molecule has 4 rings (SSSR count). The van der Waals surface area contributed by atoms with Crippen molar-refractivity contribution in [2.24, 2.45) is 0 Å². The molecule has 1 amide bonds. The fourth-order valence-electron chi connectivity index (χ4n) is 3.46. The van der Waals surface area contributed by atoms with Gasteiger partial charge in [0.25, 0.3) is 0 Å². The Morgan fingerprint density at radius 3 is 2.24 bits per heavy atom. The molecule has 0 saturated carbocycles. The molecule has 3 aromatic rings. The van der Waals surface area contributed by atoms with Crippen molar-refractivity contribution in [2.75, 3.05) is 5.32 Å². The molecule has 0 unspecified atom stereocenters. The first-order valence-electron chi connectivity index (χ1n) is 8.64. The van der Waals surface area contributed by atoms with Gasteiger partial charge in [-0.25, -0.2) is 14.0 Å². The van der Waals surface area contributed by atoms with Gasteiger partial charge in [-0.3, -0.25) is 4.79 Å². The molecule has 2 heterocycles. The first-order chi connectivity index (χ1) is 13.8. The lowest BCUT2D eigenvalue weighted by Crippen LogP contribution is -2.22. The number of aromatic carboxylic acids is 2. The fourth-order valence-corrected chi connectivity index (χ4v) is 4.70. The molecule has 0 saturated heterocycles. The number of halogens is 1. The maximum atomic E-state index is 13.3. The number of hydrogen-bond donors (Lipinski definition) is 3. The number of thiophene rings is 1. The highest BCUT2D eigenvalue weighted by Gasteiger charge is 2.34. The van der Waals surface area contributed by atoms with Crippen LogP contribution in [0.1, 0.15) is 42.8 Å². The predicted molar refractivity (Wildman–Crippen MR) is 105 cm³/mol. The third-order valence-corrected chi connectivity index (χ3v) is 6.08. The Labute approximate surface area is 168 Å². The number of hydrogen-bond acceptors (Lipinski definition) is 4. The van der Waals surface area contributed by atoms with Crippen molar-refractivity contribution < 1.29 is 29.0 Å². The van der Waals surface area contributed by atoms with Crippen molar-refractivity contribution in [3.05, 3.63) is 75.2 Å². The second kappa shape index (κ2) is 7.14. The van der Waals surface area contributed by atoms with Gasteiger partial charge in [-0.05, 0) is 35.4 Å². The molecule has 0 aliphatic carbocycles. The lowest BCUT2D eigenvalue weighted by atomic mass is 9.88. The van der Waals surface area contributed by atoms with E-state index in [2.05, 4.69) is 5.32 Å². The first kappa shape index (κ1) is 18.8. The van der Waals surface area contributed by atoms with E-state index < -0.39 is 23.7 Å². The summed E-state index contributed by atoms with van der Waals surface area (Å²) in [6.07, 6.45) is 0.113. The Hall–Kier alpha value is -3.52. The van der Waals surface area contributed by atoms with Gasteiger partial charge in [0.1, 0.15) is 10.7 Å². The van der Waals surface area contributed by atoms with E-state index in [-0.39, 0.29) is 22.8 Å². The van der Waals surface area contributed by atoms with Crippen molar-refractivity contribution in [2.45, 2.75) is 12.3 Å². The van der Waals surface area contributed by atoms with Crippen molar-refractivity contribution in [1.29, 1.82) is 0 Å². The molecular weight excluding hydrogens is 397 g/mol. The Bertz CT molecular complexity index is 1140. The molecule has 2 aromatic carbocycles. The van der Waals surface area contributed by atoms with Crippen molar-refractivity contribution in [3.8, 4) is 11.1 Å². The van der Waals surface area contributed by atoms with Gasteiger partial charge < -0.3 is 15.5 Å². The van der Waals surface area contributed by atoms with Gasteiger partial charge in [-0.1, -0.05) is 24.3 Å². The van der Waals surface area contributed by atoms with Crippen LogP contribution in [0.3, 0.4) is 0 Å². The summed E-state index contributed by atoms with van der Waals surface area (Å²) in [7, 11) is 0. The van der Waals surface area contributed by atoms with Crippen LogP contribution in [-0.4, -0.2) is 28.1 Å². The summed E-state index contributed by atoms with van der Waals surface area (Å²) in [5, 5.41) is 21.6. The van der Waals surface area contributed by atoms with E-state index in [1.807, 2.05) is 0 Å². The van der Waals surface area contributed by atoms with Crippen molar-refractivity contribution >= 4 is 34.9 Å². The van der Waals surface area contributed by atoms with Crippen LogP contribution in [0.4, 0.5) is 10.1 Å². The van der Waals surface area contributed by atoms with Gasteiger partial charge in [0.05, 0.1) is 11.3 Å². The summed E-state index contributed by atoms with van der Waals surface area (Å²) in [5.41, 5.74) is 2.08. The molecule has 3 N–H and O–H groups in total. The molecular formula is C21H14FNO5S. The zero-order valence-corrected chi connectivity index (χ0v) is 15.6. The molecule has 6 nitrogen and oxygen atoms in total. The molecule has 1 atom stereocenters. The number of anilines is 1. The highest BCUT2D eigenvalue weighted by molar-refractivity contribution is 7.15. The number of carbonyl (C=O) groups excluding carboxylic acids is 1. The summed E-state index contributed by atoms with van der Waals surface area (Å²) in [4.78, 5) is 36.1. The summed E-state index contributed by atoms with van der Waals surface area (Å²) >= 11 is 1.06. The minimum atomic E-state index is -1.14. The van der Waals surface area contributed by atoms with E-state index in [4.69, 9.17) is 5.11 Å². The minimum absolute atomic E-state index is 0.0518. The minimum Gasteiger partial charge on any atom is -0.478 e. The molecule has 1 aromatic heterocycles. The van der Waals surface area contributed by atoms with E-state index in [1.54, 1.807) is 12.1 Å². The summed E-state index contributed by atoms with van der Waals surface area (Å²) in [6.45, 7) is 0. The number of rotatable bonds is 4. The normalized spacial score (nSPS) is 15.5. The van der Waals surface area contributed by atoms with Crippen LogP contribution in [0.5, 0.6) is 0 Å². The Kier molecular flexibility index (Phi) is 4.63. The maximum absolute atomic E-state index is 13.3. The van der Waals surface area contributed by atoms with Crippen LogP contribution in [0.2, 0.25) is 0 Å². The number of nitrogens with one attached hydrogen (secondary N) is 1. The Morgan fingerprint density at radius 2 is 1.66 bits per heavy atom. The predicted octanol–water partition coefficient (Wildman–Crippen LogP) is 4.42. The third kappa shape index (κ3) is 3.38. The SMILES string of the molecule is O=C1C[C@H](c2ccc(C(=O)O)cc2)c2sc(C(=O)O)c(-c3ccc(F)cc3)c2N1. The lowest BCUT2D eigenvalue weighted by molar-refractivity contribution is -0.116. The van der Waals surface area contributed by atoms with Crippen LogP contribution in [-0.2, 0) is 4.79 Å². The number of carbonyl (C=O) groups is 3. The lowest BCUT2D eigenvalue weighted by Gasteiger charge is -2.24. The monoisotopic (exact) mass is 411 g/mol. The summed E-state index contributed by atoms with van der Waals surface area (Å²) < 4.78 is 13.3. The van der Waals surface area contributed by atoms with Crippen LogP contribution in [0, 0.1) is 5.82 Å². The van der Waals surface area contributed by atoms with Gasteiger partial charge in [-0.15, -0.1) is 11.3 Å². The fraction of sp³-hybridized carbons (Fsp3) is 0.0952. The molecule has 146 valence electrons. The molecule has 0 fully saturated rings. The summed E-state index contributed by atoms with van der Waals surface area (Å²) in [5.74, 6) is -3.32. The number of carboxylic acid groups (broad SMARTS) is 2. The largest absolute Gasteiger partial charge is 0.478 e. The van der Waals surface area contributed by atoms with Gasteiger partial charge in [0.2, 0.25) is 5.91 Å². The number of amides is 1. The van der Waals surface area contributed by atoms with E-state index in [9.17, 15) is 23.9 Å². The zero-order valence-electron chi connectivity index (χ0n) is 14.8. The number of fused-ring (bicyclic) bond motifs is 1. The van der Waals surface area contributed by atoms with Gasteiger partial charge in [0, 0.05) is 22.8 Å². The Morgan fingerprint density at radius 1 is 1.00 bits per heavy atom. The van der Waals surface area contributed by atoms with E-state index in [0.717, 1.165) is 16.9 Å². The molecule has 0 bridgehead atoms. The van der Waals surface area contributed by atoms with Gasteiger partial charge in [-0.2, -0.15) is 0 Å². The van der Waals surface area contributed by atoms with Crippen LogP contribution >= 0.6 is 11.3 Å². The average molecular weight is 411 g/mol. The number of carboxylic acids is 2. The second-order valence-electron chi connectivity index (χ2n) is 6.59. The first-order valence-corrected chi connectivity index (χ1v) is 9.46. The van der Waals surface area contributed by atoms with Crippen LogP contribution < -0.4 is 5.32 Å². The standard InChI is InChI=1S/C21H14FNO5S/c22-13-7-5-11(6-8-13)16-17-18(29-19(16)21(27)28)14(9-15(24)23-17)10-1-3-12(4-2-10)20(25)26/h1-8,14H,9H2,(H,23,24)(H,25,26)(H,27,28)/t14-/m1/s1. The third-order valence-electron chi connectivity index (χ3n) is 4.79. The summed E-state index contributed by atoms with van der Waals surface area (Å²) in [6, 6.07) is 11.6. The Balaban J connectivity index is 1.88. The molecule has 0 spiro atoms. The van der Waals surface area contributed by atoms with Crippen molar-refractivity contribution in [1.82, 2.24) is 0 Å². The average Bonchev–Trinajstić information content (AvgIpc) is 3.07. The quantitative estimate of drug-likeness (QED) is 0.589. The van der Waals surface area contributed by atoms with Gasteiger partial charge >= 0.3 is 11.9 Å². The van der Waals surface area contributed by atoms with Gasteiger partial charge in [0.15, 0.2) is 0 Å². The highest BCUT2D eigenvalue weighted by Crippen LogP contribution is 2.49. The molecule has 29 heavy (non-hydrogen) atoms. The topological polar surface area (TPSA) is 104 Å². The van der Waals surface area contributed by atoms with Crippen LogP contribution in [0.25, 0.3) is 11.1 Å². The zero-order chi connectivity index (χ0) is 20.7. The van der Waals surface area contributed by atoms with E-state index in [0.29, 0.717) is 21.7 Å². The molecule has 8 heteroatoms. The smallest absolute Gasteiger partial charge is 0.346 e. The van der Waals surface area contributed by atoms with E-state index in [1.165, 1.54) is 36.4 Å². The maximum Gasteiger partial charge on any atom is 0.346 e. The highest BCUT2D eigenvalue weighted by atomic mass is 32.1. The van der Waals surface area contributed by atoms with Crippen LogP contribution in [0.15, 0.2) is 48.5 Å². The number of benzene rings is 2. The molecule has 0 radical (unpaired) electrons. The second-order valence-corrected chi connectivity index (χ2v) is 7.64.